The molecule has 2 aromatic rings. The SMILES string of the molecule is Brc1ccsc1C(Br)c1ccoc1Br. The van der Waals surface area contributed by atoms with Crippen molar-refractivity contribution in [1.29, 1.82) is 0 Å². The Hall–Kier alpha value is 0.420. The van der Waals surface area contributed by atoms with Crippen LogP contribution in [0.2, 0.25) is 0 Å². The van der Waals surface area contributed by atoms with Crippen LogP contribution >= 0.6 is 59.1 Å². The van der Waals surface area contributed by atoms with Crippen LogP contribution in [0.25, 0.3) is 0 Å². The van der Waals surface area contributed by atoms with Crippen molar-refractivity contribution < 1.29 is 4.42 Å². The first-order valence-electron chi connectivity index (χ1n) is 3.80. The minimum absolute atomic E-state index is 0.171. The maximum absolute atomic E-state index is 5.20. The van der Waals surface area contributed by atoms with E-state index in [1.807, 2.05) is 12.1 Å². The zero-order chi connectivity index (χ0) is 10.1. The number of halogens is 3. The Labute approximate surface area is 111 Å². The van der Waals surface area contributed by atoms with Crippen molar-refractivity contribution in [1.82, 2.24) is 0 Å². The third-order valence-corrected chi connectivity index (χ3v) is 5.63. The summed E-state index contributed by atoms with van der Waals surface area (Å²) in [5.74, 6) is 0. The molecule has 0 aliphatic heterocycles. The normalized spacial score (nSPS) is 13.1. The average molecular weight is 401 g/mol. The Balaban J connectivity index is 2.38. The zero-order valence-electron chi connectivity index (χ0n) is 6.84. The molecule has 5 heteroatoms. The fraction of sp³-hybridized carbons (Fsp3) is 0.111. The third kappa shape index (κ3) is 2.01. The summed E-state index contributed by atoms with van der Waals surface area (Å²) in [4.78, 5) is 1.41. The summed E-state index contributed by atoms with van der Waals surface area (Å²) in [5, 5.41) is 2.06. The average Bonchev–Trinajstić information content (AvgIpc) is 2.73. The van der Waals surface area contributed by atoms with Crippen molar-refractivity contribution in [3.63, 3.8) is 0 Å². The topological polar surface area (TPSA) is 13.1 Å². The van der Waals surface area contributed by atoms with E-state index >= 15 is 0 Å². The standard InChI is InChI=1S/C9H5Br3OS/c10-6-2-4-14-8(6)7(11)5-1-3-13-9(5)12/h1-4,7H. The summed E-state index contributed by atoms with van der Waals surface area (Å²) >= 11 is 12.2. The smallest absolute Gasteiger partial charge is 0.173 e. The second-order valence-corrected chi connectivity index (χ2v) is 6.08. The Bertz CT molecular complexity index is 394. The number of thiophene rings is 1. The van der Waals surface area contributed by atoms with Crippen molar-refractivity contribution >= 4 is 59.1 Å². The van der Waals surface area contributed by atoms with Gasteiger partial charge in [0.2, 0.25) is 0 Å². The highest BCUT2D eigenvalue weighted by Crippen LogP contribution is 2.41. The van der Waals surface area contributed by atoms with Gasteiger partial charge in [-0.25, -0.2) is 0 Å². The van der Waals surface area contributed by atoms with Crippen molar-refractivity contribution in [3.8, 4) is 0 Å². The van der Waals surface area contributed by atoms with E-state index in [2.05, 4.69) is 53.2 Å². The highest BCUT2D eigenvalue weighted by Gasteiger charge is 2.18. The van der Waals surface area contributed by atoms with Crippen LogP contribution in [0.15, 0.2) is 37.3 Å². The van der Waals surface area contributed by atoms with Crippen LogP contribution in [-0.2, 0) is 0 Å². The molecular weight excluding hydrogens is 396 g/mol. The van der Waals surface area contributed by atoms with Crippen molar-refractivity contribution in [2.45, 2.75) is 4.83 Å². The molecule has 2 aromatic heterocycles. The summed E-state index contributed by atoms with van der Waals surface area (Å²) in [6.07, 6.45) is 1.68. The molecule has 74 valence electrons. The number of rotatable bonds is 2. The highest BCUT2D eigenvalue weighted by molar-refractivity contribution is 9.11. The lowest BCUT2D eigenvalue weighted by Gasteiger charge is -2.06. The second-order valence-electron chi connectivity index (χ2n) is 2.64. The molecule has 0 fully saturated rings. The number of hydrogen-bond donors (Lipinski definition) is 0. The molecule has 1 nitrogen and oxygen atoms in total. The van der Waals surface area contributed by atoms with E-state index in [1.54, 1.807) is 17.6 Å². The van der Waals surface area contributed by atoms with E-state index in [-0.39, 0.29) is 4.83 Å². The van der Waals surface area contributed by atoms with E-state index in [0.29, 0.717) is 0 Å². The van der Waals surface area contributed by atoms with Crippen LogP contribution < -0.4 is 0 Å². The summed E-state index contributed by atoms with van der Waals surface area (Å²) in [5.41, 5.74) is 1.10. The molecule has 1 atom stereocenters. The molecule has 2 rings (SSSR count). The number of hydrogen-bond acceptors (Lipinski definition) is 2. The molecule has 0 radical (unpaired) electrons. The summed E-state index contributed by atoms with van der Waals surface area (Å²) < 4.78 is 7.10. The second kappa shape index (κ2) is 4.51. The maximum atomic E-state index is 5.20. The van der Waals surface area contributed by atoms with Gasteiger partial charge in [0.25, 0.3) is 0 Å². The monoisotopic (exact) mass is 398 g/mol. The molecule has 0 aliphatic carbocycles. The van der Waals surface area contributed by atoms with Gasteiger partial charge in [-0.05, 0) is 49.4 Å². The number of furan rings is 1. The van der Waals surface area contributed by atoms with Gasteiger partial charge in [0, 0.05) is 14.9 Å². The van der Waals surface area contributed by atoms with E-state index < -0.39 is 0 Å². The van der Waals surface area contributed by atoms with Crippen LogP contribution in [0.1, 0.15) is 15.3 Å². The number of alkyl halides is 1. The van der Waals surface area contributed by atoms with Crippen LogP contribution in [0.3, 0.4) is 0 Å². The van der Waals surface area contributed by atoms with E-state index in [9.17, 15) is 0 Å². The molecule has 0 aliphatic rings. The van der Waals surface area contributed by atoms with Crippen LogP contribution in [0.4, 0.5) is 0 Å². The van der Waals surface area contributed by atoms with Gasteiger partial charge in [-0.15, -0.1) is 11.3 Å². The van der Waals surface area contributed by atoms with Gasteiger partial charge < -0.3 is 4.42 Å². The van der Waals surface area contributed by atoms with Gasteiger partial charge in [-0.1, -0.05) is 15.9 Å². The van der Waals surface area contributed by atoms with Gasteiger partial charge in [-0.3, -0.25) is 0 Å². The molecule has 0 N–H and O–H groups in total. The molecular formula is C9H5Br3OS. The fourth-order valence-electron chi connectivity index (χ4n) is 1.11. The third-order valence-electron chi connectivity index (χ3n) is 1.79. The Morgan fingerprint density at radius 3 is 2.57 bits per heavy atom. The molecule has 0 saturated heterocycles. The minimum atomic E-state index is 0.171. The van der Waals surface area contributed by atoms with Crippen molar-refractivity contribution in [2.75, 3.05) is 0 Å². The van der Waals surface area contributed by atoms with Gasteiger partial charge in [0.1, 0.15) is 0 Å². The fourth-order valence-corrected chi connectivity index (χ4v) is 4.72. The Morgan fingerprint density at radius 2 is 2.07 bits per heavy atom. The van der Waals surface area contributed by atoms with Gasteiger partial charge in [0.15, 0.2) is 4.67 Å². The molecule has 0 saturated carbocycles. The summed E-state index contributed by atoms with van der Waals surface area (Å²) in [7, 11) is 0. The lowest BCUT2D eigenvalue weighted by atomic mass is 10.2. The van der Waals surface area contributed by atoms with Crippen molar-refractivity contribution in [2.24, 2.45) is 0 Å². The molecule has 0 bridgehead atoms. The summed E-state index contributed by atoms with van der Waals surface area (Å²) in [6.45, 7) is 0. The van der Waals surface area contributed by atoms with E-state index in [0.717, 1.165) is 14.7 Å². The summed E-state index contributed by atoms with van der Waals surface area (Å²) in [6, 6.07) is 4.00. The highest BCUT2D eigenvalue weighted by atomic mass is 79.9. The minimum Gasteiger partial charge on any atom is -0.457 e. The predicted molar refractivity (Wildman–Crippen MR) is 69.2 cm³/mol. The van der Waals surface area contributed by atoms with Gasteiger partial charge in [0.05, 0.1) is 11.1 Å². The van der Waals surface area contributed by atoms with Crippen molar-refractivity contribution in [3.05, 3.63) is 43.4 Å². The first-order valence-corrected chi connectivity index (χ1v) is 7.18. The first kappa shape index (κ1) is 10.9. The molecule has 0 amide bonds. The first-order chi connectivity index (χ1) is 6.70. The molecule has 0 aromatic carbocycles. The van der Waals surface area contributed by atoms with Crippen LogP contribution in [-0.4, -0.2) is 0 Å². The quantitative estimate of drug-likeness (QED) is 0.619. The van der Waals surface area contributed by atoms with Gasteiger partial charge in [-0.2, -0.15) is 0 Å². The Morgan fingerprint density at radius 1 is 1.29 bits per heavy atom. The molecule has 0 spiro atoms. The van der Waals surface area contributed by atoms with Crippen LogP contribution in [0, 0.1) is 0 Å². The van der Waals surface area contributed by atoms with Crippen LogP contribution in [0.5, 0.6) is 0 Å². The predicted octanol–water partition coefficient (Wildman–Crippen LogP) is 5.35. The maximum Gasteiger partial charge on any atom is 0.173 e. The lowest BCUT2D eigenvalue weighted by Crippen LogP contribution is -1.88. The largest absolute Gasteiger partial charge is 0.457 e. The van der Waals surface area contributed by atoms with E-state index in [4.69, 9.17) is 4.42 Å². The molecule has 14 heavy (non-hydrogen) atoms. The van der Waals surface area contributed by atoms with Gasteiger partial charge >= 0.3 is 0 Å². The zero-order valence-corrected chi connectivity index (χ0v) is 12.4. The molecule has 1 unspecified atom stereocenters. The van der Waals surface area contributed by atoms with E-state index in [1.165, 1.54) is 4.88 Å². The Kier molecular flexibility index (Phi) is 3.52. The molecule has 2 heterocycles. The lowest BCUT2D eigenvalue weighted by molar-refractivity contribution is 0.538.